The highest BCUT2D eigenvalue weighted by molar-refractivity contribution is 6.05. The summed E-state index contributed by atoms with van der Waals surface area (Å²) >= 11 is 0. The predicted octanol–water partition coefficient (Wildman–Crippen LogP) is 6.15. The van der Waals surface area contributed by atoms with Gasteiger partial charge in [-0.2, -0.15) is 0 Å². The lowest BCUT2D eigenvalue weighted by molar-refractivity contribution is -0.128. The lowest BCUT2D eigenvalue weighted by Crippen LogP contribution is -2.61. The first-order valence-corrected chi connectivity index (χ1v) is 13.5. The maximum absolute atomic E-state index is 13.3. The molecule has 1 unspecified atom stereocenters. The van der Waals surface area contributed by atoms with Gasteiger partial charge in [0.25, 0.3) is 5.91 Å². The van der Waals surface area contributed by atoms with Crippen LogP contribution in [0.2, 0.25) is 0 Å². The summed E-state index contributed by atoms with van der Waals surface area (Å²) in [6.07, 6.45) is 16.2. The third-order valence-corrected chi connectivity index (χ3v) is 7.03. The minimum absolute atomic E-state index is 0.0502. The van der Waals surface area contributed by atoms with Crippen LogP contribution in [-0.4, -0.2) is 32.7 Å². The van der Waals surface area contributed by atoms with Crippen molar-refractivity contribution in [3.63, 3.8) is 0 Å². The van der Waals surface area contributed by atoms with Crippen molar-refractivity contribution in [2.24, 2.45) is 0 Å². The normalized spacial score (nSPS) is 18.2. The fraction of sp³-hybridized carbons (Fsp3) is 0.118. The Bertz CT molecular complexity index is 1650. The smallest absolute Gasteiger partial charge is 0.255 e. The summed E-state index contributed by atoms with van der Waals surface area (Å²) in [5.41, 5.74) is 4.12. The lowest BCUT2D eigenvalue weighted by Gasteiger charge is -2.45. The molecular weight excluding hydrogens is 512 g/mol. The van der Waals surface area contributed by atoms with Crippen molar-refractivity contribution >= 4 is 23.5 Å². The molecule has 7 nitrogen and oxygen atoms in total. The Morgan fingerprint density at radius 3 is 2.44 bits per heavy atom. The zero-order chi connectivity index (χ0) is 28.0. The average molecular weight is 541 g/mol. The van der Waals surface area contributed by atoms with Crippen LogP contribution in [0.3, 0.4) is 0 Å². The second-order valence-electron chi connectivity index (χ2n) is 9.79. The molecular formula is C34H28N4O3. The number of hydrogen-bond donors (Lipinski definition) is 0. The van der Waals surface area contributed by atoms with Crippen molar-refractivity contribution < 1.29 is 14.3 Å². The van der Waals surface area contributed by atoms with Gasteiger partial charge in [0, 0.05) is 11.3 Å². The summed E-state index contributed by atoms with van der Waals surface area (Å²) in [7, 11) is 0. The molecule has 0 N–H and O–H groups in total. The quantitative estimate of drug-likeness (QED) is 0.137. The van der Waals surface area contributed by atoms with E-state index in [4.69, 9.17) is 4.74 Å². The van der Waals surface area contributed by atoms with E-state index in [1.165, 1.54) is 0 Å². The highest BCUT2D eigenvalue weighted by atomic mass is 16.5. The second-order valence-corrected chi connectivity index (χ2v) is 9.79. The number of amides is 1. The van der Waals surface area contributed by atoms with Crippen LogP contribution in [0.5, 0.6) is 5.75 Å². The Hall–Kier alpha value is -5.30. The SMILES string of the molecule is O=C(/C=C/C1=CCC=C1)c1ccc(OCc2cn(C3C(=O)N(c4ccccc4)[C@@H]3/C=C/c3ccccc3)nn2)cc1. The predicted molar refractivity (Wildman–Crippen MR) is 158 cm³/mol. The number of nitrogens with zero attached hydrogens (tertiary/aromatic N) is 4. The van der Waals surface area contributed by atoms with Gasteiger partial charge in [-0.05, 0) is 60.0 Å². The fourth-order valence-electron chi connectivity index (χ4n) is 4.87. The molecule has 1 amide bonds. The molecule has 3 aromatic carbocycles. The third-order valence-electron chi connectivity index (χ3n) is 7.03. The van der Waals surface area contributed by atoms with Crippen LogP contribution in [0.25, 0.3) is 6.08 Å². The summed E-state index contributed by atoms with van der Waals surface area (Å²) in [6, 6.07) is 25.9. The summed E-state index contributed by atoms with van der Waals surface area (Å²) in [6.45, 7) is 0.182. The van der Waals surface area contributed by atoms with Crippen LogP contribution in [-0.2, 0) is 11.4 Å². The molecule has 0 bridgehead atoms. The Morgan fingerprint density at radius 2 is 1.71 bits per heavy atom. The van der Waals surface area contributed by atoms with Crippen LogP contribution in [0.15, 0.2) is 133 Å². The molecule has 1 aliphatic heterocycles. The van der Waals surface area contributed by atoms with Crippen LogP contribution >= 0.6 is 0 Å². The summed E-state index contributed by atoms with van der Waals surface area (Å²) < 4.78 is 7.50. The molecule has 1 fully saturated rings. The number of aromatic nitrogens is 3. The molecule has 0 radical (unpaired) electrons. The number of anilines is 1. The Morgan fingerprint density at radius 1 is 0.951 bits per heavy atom. The fourth-order valence-corrected chi connectivity index (χ4v) is 4.87. The zero-order valence-electron chi connectivity index (χ0n) is 22.3. The van der Waals surface area contributed by atoms with Crippen molar-refractivity contribution in [3.8, 4) is 5.75 Å². The first kappa shape index (κ1) is 26.0. The molecule has 0 spiro atoms. The average Bonchev–Trinajstić information content (AvgIpc) is 3.71. The van der Waals surface area contributed by atoms with Gasteiger partial charge in [0.05, 0.1) is 12.2 Å². The number of allylic oxidation sites excluding steroid dienone is 6. The highest BCUT2D eigenvalue weighted by Crippen LogP contribution is 2.36. The van der Waals surface area contributed by atoms with Gasteiger partial charge in [0.2, 0.25) is 0 Å². The van der Waals surface area contributed by atoms with Gasteiger partial charge in [-0.15, -0.1) is 5.10 Å². The molecule has 2 heterocycles. The molecule has 1 saturated heterocycles. The molecule has 4 aromatic rings. The Balaban J connectivity index is 1.12. The van der Waals surface area contributed by atoms with E-state index in [2.05, 4.69) is 22.5 Å². The van der Waals surface area contributed by atoms with Crippen molar-refractivity contribution in [2.75, 3.05) is 4.90 Å². The summed E-state index contributed by atoms with van der Waals surface area (Å²) in [5.74, 6) is 0.497. The van der Waals surface area contributed by atoms with Gasteiger partial charge in [-0.25, -0.2) is 4.68 Å². The van der Waals surface area contributed by atoms with Gasteiger partial charge in [-0.3, -0.25) is 9.59 Å². The molecule has 2 atom stereocenters. The van der Waals surface area contributed by atoms with E-state index >= 15 is 0 Å². The van der Waals surface area contributed by atoms with Crippen molar-refractivity contribution in [1.29, 1.82) is 0 Å². The van der Waals surface area contributed by atoms with E-state index in [0.29, 0.717) is 17.0 Å². The van der Waals surface area contributed by atoms with E-state index in [1.54, 1.807) is 46.1 Å². The number of β-lactam (4-membered cyclic amide) rings is 1. The molecule has 2 aliphatic rings. The van der Waals surface area contributed by atoms with Crippen molar-refractivity contribution in [3.05, 3.63) is 150 Å². The number of carbonyl (C=O) groups is 2. The molecule has 41 heavy (non-hydrogen) atoms. The van der Waals surface area contributed by atoms with Gasteiger partial charge < -0.3 is 9.64 Å². The second kappa shape index (κ2) is 11.8. The molecule has 0 saturated carbocycles. The first-order valence-electron chi connectivity index (χ1n) is 13.5. The monoisotopic (exact) mass is 540 g/mol. The lowest BCUT2D eigenvalue weighted by atomic mass is 9.92. The summed E-state index contributed by atoms with van der Waals surface area (Å²) in [5, 5.41) is 8.51. The van der Waals surface area contributed by atoms with E-state index in [1.807, 2.05) is 85.0 Å². The van der Waals surface area contributed by atoms with E-state index in [-0.39, 0.29) is 24.3 Å². The third kappa shape index (κ3) is 5.84. The van der Waals surface area contributed by atoms with Gasteiger partial charge in [0.1, 0.15) is 18.1 Å². The van der Waals surface area contributed by atoms with Crippen LogP contribution in [0.1, 0.15) is 34.1 Å². The minimum Gasteiger partial charge on any atom is -0.487 e. The number of ether oxygens (including phenoxy) is 1. The first-order chi connectivity index (χ1) is 20.2. The van der Waals surface area contributed by atoms with E-state index in [9.17, 15) is 9.59 Å². The van der Waals surface area contributed by atoms with Crippen LogP contribution in [0, 0.1) is 0 Å². The Kier molecular flexibility index (Phi) is 7.49. The molecule has 7 heteroatoms. The number of benzene rings is 3. The number of carbonyl (C=O) groups excluding carboxylic acids is 2. The highest BCUT2D eigenvalue weighted by Gasteiger charge is 2.48. The minimum atomic E-state index is -0.509. The Labute approximate surface area is 238 Å². The van der Waals surface area contributed by atoms with Gasteiger partial charge in [0.15, 0.2) is 11.8 Å². The van der Waals surface area contributed by atoms with E-state index < -0.39 is 6.04 Å². The molecule has 202 valence electrons. The van der Waals surface area contributed by atoms with Crippen LogP contribution < -0.4 is 9.64 Å². The standard InChI is InChI=1S/C34H28N4O3/c39-32(22-16-26-11-7-8-12-26)27-17-19-30(20-18-27)41-24-28-23-37(36-35-28)33-31(21-15-25-9-3-1-4-10-25)38(34(33)40)29-13-5-2-6-14-29/h1-7,9-23,31,33H,8,24H2/b21-15+,22-16+/t31-,33?/m1/s1. The molecule has 6 rings (SSSR count). The molecule has 1 aromatic heterocycles. The van der Waals surface area contributed by atoms with Crippen molar-refractivity contribution in [2.45, 2.75) is 25.1 Å². The van der Waals surface area contributed by atoms with E-state index in [0.717, 1.165) is 23.2 Å². The van der Waals surface area contributed by atoms with Crippen molar-refractivity contribution in [1.82, 2.24) is 15.0 Å². The largest absolute Gasteiger partial charge is 0.487 e. The maximum Gasteiger partial charge on any atom is 0.255 e. The number of hydrogen-bond acceptors (Lipinski definition) is 5. The topological polar surface area (TPSA) is 77.3 Å². The maximum atomic E-state index is 13.3. The van der Waals surface area contributed by atoms with Crippen LogP contribution in [0.4, 0.5) is 5.69 Å². The van der Waals surface area contributed by atoms with Gasteiger partial charge in [-0.1, -0.05) is 90.2 Å². The zero-order valence-corrected chi connectivity index (χ0v) is 22.3. The molecule has 1 aliphatic carbocycles. The van der Waals surface area contributed by atoms with Gasteiger partial charge >= 0.3 is 0 Å². The number of ketones is 1. The number of rotatable bonds is 10. The summed E-state index contributed by atoms with van der Waals surface area (Å²) in [4.78, 5) is 27.5. The number of para-hydroxylation sites is 1.